The Bertz CT molecular complexity index is 1400. The van der Waals surface area contributed by atoms with E-state index in [9.17, 15) is 23.0 Å². The number of aromatic hydroxyl groups is 2. The molecule has 9 heteroatoms. The predicted octanol–water partition coefficient (Wildman–Crippen LogP) is 3.49. The molecule has 4 rings (SSSR count). The Hall–Kier alpha value is -3.33. The van der Waals surface area contributed by atoms with E-state index in [2.05, 4.69) is 4.98 Å². The highest BCUT2D eigenvalue weighted by Crippen LogP contribution is 2.48. The zero-order valence-corrected chi connectivity index (χ0v) is 17.4. The number of phenolic OH excluding ortho intramolecular Hbond substituents is 1. The number of pyridine rings is 1. The molecule has 4 aromatic rings. The van der Waals surface area contributed by atoms with Gasteiger partial charge in [-0.3, -0.25) is 9.29 Å². The van der Waals surface area contributed by atoms with E-state index in [1.54, 1.807) is 35.8 Å². The van der Waals surface area contributed by atoms with Gasteiger partial charge in [0.1, 0.15) is 11.3 Å². The number of benzene rings is 2. The van der Waals surface area contributed by atoms with Gasteiger partial charge in [0.15, 0.2) is 5.75 Å². The average molecular weight is 429 g/mol. The molecule has 0 amide bonds. The van der Waals surface area contributed by atoms with E-state index in [4.69, 9.17) is 0 Å². The van der Waals surface area contributed by atoms with Crippen LogP contribution in [-0.4, -0.2) is 41.5 Å². The van der Waals surface area contributed by atoms with Crippen molar-refractivity contribution in [3.05, 3.63) is 59.7 Å². The predicted molar refractivity (Wildman–Crippen MR) is 114 cm³/mol. The molecule has 7 nitrogen and oxygen atoms in total. The molecule has 0 atom stereocenters. The summed E-state index contributed by atoms with van der Waals surface area (Å²) in [5.41, 5.74) is 1.79. The lowest BCUT2D eigenvalue weighted by Crippen LogP contribution is -2.25. The fourth-order valence-corrected chi connectivity index (χ4v) is 4.25. The van der Waals surface area contributed by atoms with Gasteiger partial charge >= 0.3 is 0 Å². The van der Waals surface area contributed by atoms with Crippen molar-refractivity contribution in [1.29, 1.82) is 0 Å². The Balaban J connectivity index is 2.10. The molecule has 0 aliphatic heterocycles. The van der Waals surface area contributed by atoms with Gasteiger partial charge in [-0.2, -0.15) is 0 Å². The van der Waals surface area contributed by atoms with Crippen LogP contribution in [0.1, 0.15) is 11.3 Å². The summed E-state index contributed by atoms with van der Waals surface area (Å²) in [4.78, 5) is 4.20. The summed E-state index contributed by atoms with van der Waals surface area (Å²) in [5.74, 6) is -0.825. The molecule has 0 aliphatic rings. The Morgan fingerprint density at radius 1 is 1.13 bits per heavy atom. The highest BCUT2D eigenvalue weighted by Gasteiger charge is 2.28. The van der Waals surface area contributed by atoms with Gasteiger partial charge in [-0.1, -0.05) is 12.1 Å². The number of aromatic nitrogens is 2. The maximum absolute atomic E-state index is 13.3. The highest BCUT2D eigenvalue weighted by atomic mass is 32.2. The first-order chi connectivity index (χ1) is 14.1. The summed E-state index contributed by atoms with van der Waals surface area (Å²) in [6, 6.07) is 9.16. The number of hydrogen-bond donors (Lipinski definition) is 2. The number of fused-ring (bicyclic) bond motifs is 2. The molecule has 2 heterocycles. The molecule has 2 N–H and O–H groups in total. The maximum Gasteiger partial charge on any atom is 0.232 e. The van der Waals surface area contributed by atoms with Crippen molar-refractivity contribution in [3.63, 3.8) is 0 Å². The molecular formula is C21H20FN3O4S. The number of aryl methyl sites for hydroxylation is 1. The van der Waals surface area contributed by atoms with Crippen LogP contribution in [-0.2, 0) is 16.6 Å². The number of nitrogens with zero attached hydrogens (tertiary/aromatic N) is 3. The van der Waals surface area contributed by atoms with Crippen molar-refractivity contribution in [2.45, 2.75) is 13.5 Å². The van der Waals surface area contributed by atoms with Crippen molar-refractivity contribution in [1.82, 2.24) is 9.55 Å². The van der Waals surface area contributed by atoms with Crippen molar-refractivity contribution in [3.8, 4) is 11.6 Å². The molecule has 2 aromatic heterocycles. The SMILES string of the molecule is Cc1c2c(N(C)S(C)(=O)=O)c3cccnc3c(O)c2c(O)n1Cc1ccc(F)cc1. The minimum Gasteiger partial charge on any atom is -0.505 e. The molecule has 30 heavy (non-hydrogen) atoms. The minimum atomic E-state index is -3.64. The third kappa shape index (κ3) is 3.02. The van der Waals surface area contributed by atoms with Gasteiger partial charge in [0, 0.05) is 29.7 Å². The molecule has 0 aliphatic carbocycles. The van der Waals surface area contributed by atoms with E-state index in [1.165, 1.54) is 25.4 Å². The first-order valence-electron chi connectivity index (χ1n) is 9.11. The second-order valence-corrected chi connectivity index (χ2v) is 9.21. The fourth-order valence-electron chi connectivity index (χ4n) is 3.73. The van der Waals surface area contributed by atoms with E-state index in [0.29, 0.717) is 22.2 Å². The number of halogens is 1. The van der Waals surface area contributed by atoms with Crippen molar-refractivity contribution >= 4 is 37.4 Å². The monoisotopic (exact) mass is 429 g/mol. The van der Waals surface area contributed by atoms with Crippen molar-refractivity contribution < 1.29 is 23.0 Å². The van der Waals surface area contributed by atoms with Gasteiger partial charge in [-0.05, 0) is 36.8 Å². The Kier molecular flexibility index (Phi) is 4.58. The van der Waals surface area contributed by atoms with Gasteiger partial charge in [0.2, 0.25) is 15.9 Å². The normalized spacial score (nSPS) is 12.0. The maximum atomic E-state index is 13.3. The summed E-state index contributed by atoms with van der Waals surface area (Å²) in [7, 11) is -2.23. The van der Waals surface area contributed by atoms with E-state index < -0.39 is 10.0 Å². The molecule has 0 saturated carbocycles. The summed E-state index contributed by atoms with van der Waals surface area (Å²) >= 11 is 0. The lowest BCUT2D eigenvalue weighted by atomic mass is 10.0. The number of rotatable bonds is 4. The Morgan fingerprint density at radius 2 is 1.80 bits per heavy atom. The van der Waals surface area contributed by atoms with E-state index >= 15 is 0 Å². The summed E-state index contributed by atoms with van der Waals surface area (Å²) in [6.07, 6.45) is 2.57. The molecule has 2 aromatic carbocycles. The third-order valence-electron chi connectivity index (χ3n) is 5.32. The molecule has 0 spiro atoms. The zero-order valence-electron chi connectivity index (χ0n) is 16.6. The van der Waals surface area contributed by atoms with Gasteiger partial charge in [0.05, 0.1) is 23.9 Å². The van der Waals surface area contributed by atoms with Crippen LogP contribution in [0, 0.1) is 12.7 Å². The molecule has 0 bridgehead atoms. The van der Waals surface area contributed by atoms with E-state index in [1.807, 2.05) is 0 Å². The van der Waals surface area contributed by atoms with E-state index in [0.717, 1.165) is 16.1 Å². The van der Waals surface area contributed by atoms with Crippen LogP contribution in [0.15, 0.2) is 42.6 Å². The lowest BCUT2D eigenvalue weighted by molar-refractivity contribution is 0.423. The van der Waals surface area contributed by atoms with Crippen LogP contribution in [0.3, 0.4) is 0 Å². The summed E-state index contributed by atoms with van der Waals surface area (Å²) in [5, 5.41) is 22.8. The van der Waals surface area contributed by atoms with Crippen LogP contribution < -0.4 is 4.31 Å². The van der Waals surface area contributed by atoms with Gasteiger partial charge in [-0.15, -0.1) is 0 Å². The van der Waals surface area contributed by atoms with Crippen LogP contribution in [0.2, 0.25) is 0 Å². The third-order valence-corrected chi connectivity index (χ3v) is 6.50. The largest absolute Gasteiger partial charge is 0.505 e. The topological polar surface area (TPSA) is 95.7 Å². The number of sulfonamides is 1. The fraction of sp³-hybridized carbons (Fsp3) is 0.190. The lowest BCUT2D eigenvalue weighted by Gasteiger charge is -2.21. The molecule has 0 radical (unpaired) electrons. The average Bonchev–Trinajstić information content (AvgIpc) is 2.94. The number of phenols is 1. The van der Waals surface area contributed by atoms with E-state index in [-0.39, 0.29) is 34.9 Å². The second kappa shape index (κ2) is 6.88. The van der Waals surface area contributed by atoms with Crippen LogP contribution in [0.25, 0.3) is 21.7 Å². The molecule has 0 saturated heterocycles. The van der Waals surface area contributed by atoms with Gasteiger partial charge < -0.3 is 14.8 Å². The highest BCUT2D eigenvalue weighted by molar-refractivity contribution is 7.92. The van der Waals surface area contributed by atoms with Crippen molar-refractivity contribution in [2.24, 2.45) is 0 Å². The van der Waals surface area contributed by atoms with Crippen LogP contribution >= 0.6 is 0 Å². The Morgan fingerprint density at radius 3 is 2.43 bits per heavy atom. The van der Waals surface area contributed by atoms with Gasteiger partial charge in [-0.25, -0.2) is 12.8 Å². The number of hydrogen-bond acceptors (Lipinski definition) is 5. The summed E-state index contributed by atoms with van der Waals surface area (Å²) < 4.78 is 40.7. The first-order valence-corrected chi connectivity index (χ1v) is 11.0. The second-order valence-electron chi connectivity index (χ2n) is 7.20. The number of anilines is 1. The standard InChI is InChI=1S/C21H20FN3O4S/c1-12-16-17(21(27)25(12)11-13-6-8-14(22)9-7-13)20(26)18-15(5-4-10-23-18)19(16)24(2)30(3,28)29/h4-10,26-27H,11H2,1-3H3. The molecule has 0 fully saturated rings. The smallest absolute Gasteiger partial charge is 0.232 e. The molecule has 156 valence electrons. The van der Waals surface area contributed by atoms with Crippen LogP contribution in [0.4, 0.5) is 10.1 Å². The summed E-state index contributed by atoms with van der Waals surface area (Å²) in [6.45, 7) is 1.94. The molecular weight excluding hydrogens is 409 g/mol. The Labute approximate surface area is 172 Å². The minimum absolute atomic E-state index is 0.117. The van der Waals surface area contributed by atoms with Gasteiger partial charge in [0.25, 0.3) is 0 Å². The quantitative estimate of drug-likeness (QED) is 0.518. The molecule has 0 unspecified atom stereocenters. The van der Waals surface area contributed by atoms with Crippen LogP contribution in [0.5, 0.6) is 11.6 Å². The van der Waals surface area contributed by atoms with Crippen molar-refractivity contribution in [2.75, 3.05) is 17.6 Å². The first kappa shape index (κ1) is 20.0. The zero-order chi connectivity index (χ0) is 21.8.